The zero-order valence-corrected chi connectivity index (χ0v) is 14.5. The third-order valence-electron chi connectivity index (χ3n) is 3.56. The molecule has 126 valence electrons. The number of hydrogen-bond donors (Lipinski definition) is 2. The fraction of sp³-hybridized carbons (Fsp3) is 0.250. The second kappa shape index (κ2) is 8.07. The molecule has 0 saturated heterocycles. The number of aliphatic carboxylic acids is 1. The van der Waals surface area contributed by atoms with E-state index in [0.29, 0.717) is 28.5 Å². The van der Waals surface area contributed by atoms with Crippen LogP contribution in [-0.4, -0.2) is 39.0 Å². The molecule has 24 heavy (non-hydrogen) atoms. The first-order chi connectivity index (χ1) is 11.5. The first-order valence-corrected chi connectivity index (χ1v) is 8.94. The van der Waals surface area contributed by atoms with Gasteiger partial charge in [-0.2, -0.15) is 11.8 Å². The number of carboxylic acids is 1. The summed E-state index contributed by atoms with van der Waals surface area (Å²) < 4.78 is 0. The average Bonchev–Trinajstić information content (AvgIpc) is 2.56. The normalized spacial score (nSPS) is 11.9. The first-order valence-electron chi connectivity index (χ1n) is 7.14. The smallest absolute Gasteiger partial charge is 0.326 e. The van der Waals surface area contributed by atoms with Crippen molar-refractivity contribution in [2.45, 2.75) is 12.5 Å². The van der Waals surface area contributed by atoms with Gasteiger partial charge in [-0.25, -0.2) is 4.79 Å². The summed E-state index contributed by atoms with van der Waals surface area (Å²) in [6.45, 7) is 0. The van der Waals surface area contributed by atoms with Gasteiger partial charge >= 0.3 is 5.97 Å². The lowest BCUT2D eigenvalue weighted by Crippen LogP contribution is -2.40. The molecule has 2 rings (SSSR count). The Morgan fingerprint density at radius 2 is 2.00 bits per heavy atom. The van der Waals surface area contributed by atoms with Crippen molar-refractivity contribution in [3.8, 4) is 0 Å². The van der Waals surface area contributed by atoms with Gasteiger partial charge in [-0.15, -0.1) is 0 Å². The maximum Gasteiger partial charge on any atom is 0.326 e. The lowest BCUT2D eigenvalue weighted by Gasteiger charge is -2.17. The van der Waals surface area contributed by atoms with Gasteiger partial charge in [0.1, 0.15) is 11.0 Å². The zero-order chi connectivity index (χ0) is 17.7. The average molecular weight is 364 g/mol. The number of carbonyl (C=O) groups is 1. The fourth-order valence-corrected chi connectivity index (χ4v) is 3.16. The first kappa shape index (κ1) is 18.2. The van der Waals surface area contributed by atoms with Gasteiger partial charge in [0.15, 0.2) is 0 Å². The van der Waals surface area contributed by atoms with Crippen molar-refractivity contribution in [3.05, 3.63) is 52.1 Å². The molecular formula is C16H16N2O4S2. The molecule has 0 saturated carbocycles. The highest BCUT2D eigenvalue weighted by Crippen LogP contribution is 2.28. The van der Waals surface area contributed by atoms with Crippen molar-refractivity contribution in [2.75, 3.05) is 12.0 Å². The molecule has 0 aromatic heterocycles. The Kier molecular flexibility index (Phi) is 6.10. The van der Waals surface area contributed by atoms with Crippen LogP contribution in [0.3, 0.4) is 0 Å². The molecule has 2 aromatic carbocycles. The maximum absolute atomic E-state index is 11.4. The molecule has 6 nitrogen and oxygen atoms in total. The molecule has 0 spiro atoms. The minimum absolute atomic E-state index is 0.00526. The lowest BCUT2D eigenvalue weighted by atomic mass is 10.0. The Morgan fingerprint density at radius 1 is 1.33 bits per heavy atom. The molecule has 2 N–H and O–H groups in total. The standard InChI is InChI=1S/C16H16N2O4S2/c1-24-9-8-13(16(19)20)17-15(23)12-6-7-14(18(21)22)11-5-3-2-4-10(11)12/h2-7,13H,8-9H2,1H3,(H,17,23)(H,19,20)/t13-/m0/s1. The van der Waals surface area contributed by atoms with Crippen molar-refractivity contribution in [1.29, 1.82) is 0 Å². The van der Waals surface area contributed by atoms with Crippen LogP contribution in [0.2, 0.25) is 0 Å². The van der Waals surface area contributed by atoms with Crippen LogP contribution in [0.5, 0.6) is 0 Å². The highest BCUT2D eigenvalue weighted by Gasteiger charge is 2.21. The molecule has 0 heterocycles. The summed E-state index contributed by atoms with van der Waals surface area (Å²) in [7, 11) is 0. The summed E-state index contributed by atoms with van der Waals surface area (Å²) >= 11 is 6.91. The molecule has 0 aliphatic heterocycles. The number of carboxylic acid groups (broad SMARTS) is 1. The Morgan fingerprint density at radius 3 is 2.58 bits per heavy atom. The zero-order valence-electron chi connectivity index (χ0n) is 12.9. The Bertz CT molecular complexity index is 795. The monoisotopic (exact) mass is 364 g/mol. The number of benzene rings is 2. The van der Waals surface area contributed by atoms with Crippen molar-refractivity contribution < 1.29 is 14.8 Å². The molecule has 0 radical (unpaired) electrons. The topological polar surface area (TPSA) is 92.5 Å². The number of hydrogen-bond acceptors (Lipinski definition) is 5. The van der Waals surface area contributed by atoms with Gasteiger partial charge in [0.05, 0.1) is 10.3 Å². The van der Waals surface area contributed by atoms with E-state index in [1.165, 1.54) is 6.07 Å². The Balaban J connectivity index is 2.38. The molecule has 0 aliphatic rings. The number of nitrogens with one attached hydrogen (secondary N) is 1. The molecule has 0 bridgehead atoms. The molecule has 0 unspecified atom stereocenters. The van der Waals surface area contributed by atoms with Crippen molar-refractivity contribution >= 4 is 51.4 Å². The Hall–Kier alpha value is -2.19. The molecule has 0 aliphatic carbocycles. The van der Waals surface area contributed by atoms with Gasteiger partial charge in [0.2, 0.25) is 0 Å². The quantitative estimate of drug-likeness (QED) is 0.443. The fourth-order valence-electron chi connectivity index (χ4n) is 2.37. The van der Waals surface area contributed by atoms with E-state index in [4.69, 9.17) is 12.2 Å². The van der Waals surface area contributed by atoms with Crippen molar-refractivity contribution in [3.63, 3.8) is 0 Å². The van der Waals surface area contributed by atoms with Gasteiger partial charge in [0, 0.05) is 11.6 Å². The van der Waals surface area contributed by atoms with Crippen LogP contribution in [0.4, 0.5) is 5.69 Å². The lowest BCUT2D eigenvalue weighted by molar-refractivity contribution is -0.383. The van der Waals surface area contributed by atoms with Gasteiger partial charge in [-0.1, -0.05) is 30.4 Å². The number of rotatable bonds is 7. The summed E-state index contributed by atoms with van der Waals surface area (Å²) in [5.74, 6) is -0.286. The number of non-ortho nitro benzene ring substituents is 1. The van der Waals surface area contributed by atoms with E-state index >= 15 is 0 Å². The SMILES string of the molecule is CSCC[C@H](NC(=S)c1ccc([N+](=O)[O-])c2ccccc12)C(=O)O. The van der Waals surface area contributed by atoms with Crippen LogP contribution in [0.25, 0.3) is 10.8 Å². The van der Waals surface area contributed by atoms with Crippen LogP contribution < -0.4 is 5.32 Å². The van der Waals surface area contributed by atoms with Crippen LogP contribution in [0.15, 0.2) is 36.4 Å². The van der Waals surface area contributed by atoms with Crippen molar-refractivity contribution in [1.82, 2.24) is 5.32 Å². The van der Waals surface area contributed by atoms with E-state index < -0.39 is 16.9 Å². The van der Waals surface area contributed by atoms with Crippen LogP contribution in [0, 0.1) is 10.1 Å². The summed E-state index contributed by atoms with van der Waals surface area (Å²) in [4.78, 5) is 22.3. The number of thiocarbonyl (C=S) groups is 1. The molecule has 0 fully saturated rings. The highest BCUT2D eigenvalue weighted by molar-refractivity contribution is 7.98. The van der Waals surface area contributed by atoms with E-state index in [1.54, 1.807) is 42.1 Å². The predicted molar refractivity (Wildman–Crippen MR) is 99.9 cm³/mol. The molecule has 0 amide bonds. The third-order valence-corrected chi connectivity index (χ3v) is 4.54. The summed E-state index contributed by atoms with van der Waals surface area (Å²) in [6, 6.07) is 9.03. The van der Waals surface area contributed by atoms with E-state index in [9.17, 15) is 20.0 Å². The second-order valence-corrected chi connectivity index (χ2v) is 6.47. The summed E-state index contributed by atoms with van der Waals surface area (Å²) in [5, 5.41) is 24.4. The molecule has 8 heteroatoms. The molecule has 1 atom stereocenters. The number of fused-ring (bicyclic) bond motifs is 1. The van der Waals surface area contributed by atoms with E-state index in [-0.39, 0.29) is 10.7 Å². The molecular weight excluding hydrogens is 348 g/mol. The number of nitro benzene ring substituents is 1. The second-order valence-electron chi connectivity index (χ2n) is 5.08. The number of thioether (sulfide) groups is 1. The van der Waals surface area contributed by atoms with Gasteiger partial charge in [-0.3, -0.25) is 10.1 Å². The van der Waals surface area contributed by atoms with Crippen LogP contribution in [0.1, 0.15) is 12.0 Å². The highest BCUT2D eigenvalue weighted by atomic mass is 32.2. The molecule has 2 aromatic rings. The Labute approximate surface area is 148 Å². The van der Waals surface area contributed by atoms with Crippen LogP contribution >= 0.6 is 24.0 Å². The predicted octanol–water partition coefficient (Wildman–Crippen LogP) is 3.22. The maximum atomic E-state index is 11.4. The minimum atomic E-state index is -0.974. The van der Waals surface area contributed by atoms with Gasteiger partial charge in [-0.05, 0) is 35.9 Å². The third kappa shape index (κ3) is 4.01. The van der Waals surface area contributed by atoms with Crippen molar-refractivity contribution in [2.24, 2.45) is 0 Å². The largest absolute Gasteiger partial charge is 0.480 e. The van der Waals surface area contributed by atoms with E-state index in [2.05, 4.69) is 5.32 Å². The van der Waals surface area contributed by atoms with Gasteiger partial charge < -0.3 is 10.4 Å². The minimum Gasteiger partial charge on any atom is -0.480 e. The number of nitrogens with zero attached hydrogens (tertiary/aromatic N) is 1. The van der Waals surface area contributed by atoms with E-state index in [1.807, 2.05) is 6.26 Å². The van der Waals surface area contributed by atoms with Crippen LogP contribution in [-0.2, 0) is 4.79 Å². The van der Waals surface area contributed by atoms with E-state index in [0.717, 1.165) is 0 Å². The summed E-state index contributed by atoms with van der Waals surface area (Å²) in [5.41, 5.74) is 0.580. The number of nitro groups is 1. The van der Waals surface area contributed by atoms with Gasteiger partial charge in [0.25, 0.3) is 5.69 Å². The summed E-state index contributed by atoms with van der Waals surface area (Å²) in [6.07, 6.45) is 2.34.